The SMILES string of the molecule is CC(C)c1nc2c(c(-c3ccc(F)cc3)c1/C=C/[C@@H]1C[C@@](CC(=O)O)(C(C)(C)C)OC(C)(C)O1)CCCN2S(C)(=O)=O. The van der Waals surface area contributed by atoms with E-state index in [1.165, 1.54) is 22.7 Å². The number of fused-ring (bicyclic) bond motifs is 1. The average molecular weight is 603 g/mol. The van der Waals surface area contributed by atoms with Crippen LogP contribution >= 0.6 is 0 Å². The van der Waals surface area contributed by atoms with E-state index in [0.29, 0.717) is 37.3 Å². The van der Waals surface area contributed by atoms with Crippen molar-refractivity contribution in [3.8, 4) is 11.1 Å². The summed E-state index contributed by atoms with van der Waals surface area (Å²) in [4.78, 5) is 16.9. The fourth-order valence-corrected chi connectivity index (χ4v) is 7.05. The predicted molar refractivity (Wildman–Crippen MR) is 162 cm³/mol. The molecule has 1 aromatic carbocycles. The number of carboxylic acids is 1. The van der Waals surface area contributed by atoms with E-state index in [1.54, 1.807) is 26.0 Å². The molecule has 0 aliphatic carbocycles. The number of carbonyl (C=O) groups is 1. The van der Waals surface area contributed by atoms with E-state index < -0.39 is 38.9 Å². The summed E-state index contributed by atoms with van der Waals surface area (Å²) >= 11 is 0. The molecular weight excluding hydrogens is 559 g/mol. The molecule has 0 spiro atoms. The van der Waals surface area contributed by atoms with Crippen molar-refractivity contribution < 1.29 is 32.2 Å². The quantitative estimate of drug-likeness (QED) is 0.384. The van der Waals surface area contributed by atoms with Crippen LogP contribution in [0.2, 0.25) is 0 Å². The van der Waals surface area contributed by atoms with Crippen molar-refractivity contribution in [2.24, 2.45) is 5.41 Å². The summed E-state index contributed by atoms with van der Waals surface area (Å²) in [7, 11) is -3.57. The van der Waals surface area contributed by atoms with Gasteiger partial charge in [-0.15, -0.1) is 0 Å². The highest BCUT2D eigenvalue weighted by Gasteiger charge is 2.53. The van der Waals surface area contributed by atoms with Gasteiger partial charge in [-0.05, 0) is 61.3 Å². The normalized spacial score (nSPS) is 22.9. The van der Waals surface area contributed by atoms with Gasteiger partial charge in [-0.2, -0.15) is 0 Å². The van der Waals surface area contributed by atoms with Gasteiger partial charge >= 0.3 is 5.97 Å². The largest absolute Gasteiger partial charge is 0.481 e. The fraction of sp³-hybridized carbons (Fsp3) is 0.562. The lowest BCUT2D eigenvalue weighted by atomic mass is 9.70. The van der Waals surface area contributed by atoms with E-state index in [1.807, 2.05) is 46.8 Å². The molecule has 0 bridgehead atoms. The molecule has 230 valence electrons. The van der Waals surface area contributed by atoms with Crippen LogP contribution in [0.4, 0.5) is 10.2 Å². The second-order valence-corrected chi connectivity index (χ2v) is 15.1. The maximum absolute atomic E-state index is 14.0. The Labute approximate surface area is 249 Å². The smallest absolute Gasteiger partial charge is 0.306 e. The van der Waals surface area contributed by atoms with Crippen molar-refractivity contribution in [2.45, 2.75) is 97.6 Å². The number of pyridine rings is 1. The minimum absolute atomic E-state index is 0.0646. The second kappa shape index (κ2) is 11.4. The Balaban J connectivity index is 1.93. The first-order chi connectivity index (χ1) is 19.3. The molecule has 1 saturated heterocycles. The zero-order chi connectivity index (χ0) is 31.3. The third-order valence-electron chi connectivity index (χ3n) is 8.14. The van der Waals surface area contributed by atoms with Gasteiger partial charge in [0.05, 0.1) is 30.1 Å². The molecule has 1 aromatic heterocycles. The molecule has 0 radical (unpaired) electrons. The van der Waals surface area contributed by atoms with Crippen LogP contribution in [0.5, 0.6) is 0 Å². The topological polar surface area (TPSA) is 106 Å². The predicted octanol–water partition coefficient (Wildman–Crippen LogP) is 6.54. The van der Waals surface area contributed by atoms with Crippen molar-refractivity contribution in [1.29, 1.82) is 0 Å². The van der Waals surface area contributed by atoms with Gasteiger partial charge in [-0.1, -0.05) is 58.9 Å². The van der Waals surface area contributed by atoms with Gasteiger partial charge in [0, 0.05) is 24.1 Å². The van der Waals surface area contributed by atoms with Crippen molar-refractivity contribution in [1.82, 2.24) is 4.98 Å². The highest BCUT2D eigenvalue weighted by Crippen LogP contribution is 2.48. The summed E-state index contributed by atoms with van der Waals surface area (Å²) in [5.41, 5.74) is 2.40. The van der Waals surface area contributed by atoms with Gasteiger partial charge in [0.25, 0.3) is 0 Å². The Morgan fingerprint density at radius 2 is 1.88 bits per heavy atom. The van der Waals surface area contributed by atoms with Crippen LogP contribution in [-0.4, -0.2) is 54.8 Å². The average Bonchev–Trinajstić information content (AvgIpc) is 2.84. The van der Waals surface area contributed by atoms with E-state index in [4.69, 9.17) is 14.5 Å². The molecule has 0 amide bonds. The number of ether oxygens (including phenoxy) is 2. The van der Waals surface area contributed by atoms with E-state index in [9.17, 15) is 22.7 Å². The number of aromatic nitrogens is 1. The number of carboxylic acid groups (broad SMARTS) is 1. The zero-order valence-electron chi connectivity index (χ0n) is 25.8. The molecule has 1 fully saturated rings. The number of halogens is 1. The number of sulfonamides is 1. The number of nitrogens with zero attached hydrogens (tertiary/aromatic N) is 2. The Morgan fingerprint density at radius 1 is 1.24 bits per heavy atom. The van der Waals surface area contributed by atoms with Gasteiger partial charge < -0.3 is 14.6 Å². The summed E-state index contributed by atoms with van der Waals surface area (Å²) < 4.78 is 53.6. The summed E-state index contributed by atoms with van der Waals surface area (Å²) in [6.45, 7) is 13.9. The highest BCUT2D eigenvalue weighted by molar-refractivity contribution is 7.92. The lowest BCUT2D eigenvalue weighted by molar-refractivity contribution is -0.347. The monoisotopic (exact) mass is 602 g/mol. The Morgan fingerprint density at radius 3 is 2.43 bits per heavy atom. The minimum atomic E-state index is -3.57. The molecule has 0 unspecified atom stereocenters. The van der Waals surface area contributed by atoms with Crippen LogP contribution in [-0.2, 0) is 30.7 Å². The molecule has 4 rings (SSSR count). The first-order valence-corrected chi connectivity index (χ1v) is 16.3. The molecule has 2 aromatic rings. The van der Waals surface area contributed by atoms with Crippen molar-refractivity contribution in [3.05, 3.63) is 53.0 Å². The summed E-state index contributed by atoms with van der Waals surface area (Å²) in [6.07, 6.45) is 5.98. The maximum atomic E-state index is 14.0. The first kappa shape index (κ1) is 32.1. The van der Waals surface area contributed by atoms with E-state index in [2.05, 4.69) is 0 Å². The molecule has 1 N–H and O–H groups in total. The third-order valence-corrected chi connectivity index (χ3v) is 9.29. The van der Waals surface area contributed by atoms with E-state index >= 15 is 0 Å². The fourth-order valence-electron chi connectivity index (χ4n) is 6.13. The maximum Gasteiger partial charge on any atom is 0.306 e. The standard InChI is InChI=1S/C32H43FN2O6S/c1-20(2)28-24(16-15-23-18-32(19-26(36)37,30(3,4)5)41-31(6,7)40-23)27(21-11-13-22(33)14-12-21)25-10-9-17-35(29(25)34-28)42(8,38)39/h11-16,20,23H,9-10,17-19H2,1-8H3,(H,36,37)/b16-15+/t23-,32-/m1/s1. The van der Waals surface area contributed by atoms with Crippen LogP contribution in [0.3, 0.4) is 0 Å². The van der Waals surface area contributed by atoms with Crippen molar-refractivity contribution >= 4 is 27.9 Å². The van der Waals surface area contributed by atoms with Crippen LogP contribution in [0, 0.1) is 11.2 Å². The van der Waals surface area contributed by atoms with Crippen LogP contribution < -0.4 is 4.31 Å². The molecule has 2 aliphatic rings. The number of hydrogen-bond donors (Lipinski definition) is 1. The first-order valence-electron chi connectivity index (χ1n) is 14.4. The van der Waals surface area contributed by atoms with Gasteiger partial charge in [0.15, 0.2) is 5.79 Å². The Hall–Kier alpha value is -2.82. The number of aliphatic carboxylic acids is 1. The van der Waals surface area contributed by atoms with E-state index in [-0.39, 0.29) is 18.2 Å². The van der Waals surface area contributed by atoms with Crippen molar-refractivity contribution in [2.75, 3.05) is 17.1 Å². The van der Waals surface area contributed by atoms with Gasteiger partial charge in [-0.25, -0.2) is 17.8 Å². The summed E-state index contributed by atoms with van der Waals surface area (Å²) in [5, 5.41) is 9.81. The van der Waals surface area contributed by atoms with Gasteiger partial charge in [0.2, 0.25) is 10.0 Å². The third kappa shape index (κ3) is 6.55. The van der Waals surface area contributed by atoms with Gasteiger partial charge in [-0.3, -0.25) is 9.10 Å². The van der Waals surface area contributed by atoms with Crippen LogP contribution in [0.15, 0.2) is 30.3 Å². The number of hydrogen-bond acceptors (Lipinski definition) is 6. The lowest BCUT2D eigenvalue weighted by Gasteiger charge is -2.53. The molecule has 3 heterocycles. The van der Waals surface area contributed by atoms with Gasteiger partial charge in [0.1, 0.15) is 11.6 Å². The lowest BCUT2D eigenvalue weighted by Crippen LogP contribution is -2.58. The van der Waals surface area contributed by atoms with Crippen LogP contribution in [0.1, 0.15) is 90.5 Å². The molecule has 2 aliphatic heterocycles. The Bertz CT molecular complexity index is 1480. The second-order valence-electron chi connectivity index (χ2n) is 13.2. The molecule has 2 atom stereocenters. The molecule has 8 nitrogen and oxygen atoms in total. The molecule has 42 heavy (non-hydrogen) atoms. The number of anilines is 1. The van der Waals surface area contributed by atoms with E-state index in [0.717, 1.165) is 22.3 Å². The number of benzene rings is 1. The minimum Gasteiger partial charge on any atom is -0.481 e. The summed E-state index contributed by atoms with van der Waals surface area (Å²) in [6, 6.07) is 6.21. The zero-order valence-corrected chi connectivity index (χ0v) is 26.6. The number of rotatable bonds is 7. The van der Waals surface area contributed by atoms with Crippen molar-refractivity contribution in [3.63, 3.8) is 0 Å². The van der Waals surface area contributed by atoms with Crippen LogP contribution in [0.25, 0.3) is 17.2 Å². The molecule has 10 heteroatoms. The highest BCUT2D eigenvalue weighted by atomic mass is 32.2. The molecular formula is C32H43FN2O6S. The Kier molecular flexibility index (Phi) is 8.68. The summed E-state index contributed by atoms with van der Waals surface area (Å²) in [5.74, 6) is -2.00. The molecule has 0 saturated carbocycles.